The van der Waals surface area contributed by atoms with Crippen molar-refractivity contribution in [2.75, 3.05) is 19.7 Å². The van der Waals surface area contributed by atoms with Gasteiger partial charge in [0, 0.05) is 19.0 Å². The van der Waals surface area contributed by atoms with Gasteiger partial charge < -0.3 is 14.1 Å². The highest BCUT2D eigenvalue weighted by atomic mass is 19.1. The van der Waals surface area contributed by atoms with Crippen LogP contribution in [0.5, 0.6) is 5.75 Å². The van der Waals surface area contributed by atoms with Crippen LogP contribution >= 0.6 is 0 Å². The number of furan rings is 1. The normalized spacial score (nSPS) is 18.0. The molecule has 1 aromatic carbocycles. The Balaban J connectivity index is 1.51. The van der Waals surface area contributed by atoms with Crippen LogP contribution in [-0.4, -0.2) is 30.5 Å². The van der Waals surface area contributed by atoms with E-state index >= 15 is 0 Å². The van der Waals surface area contributed by atoms with Crippen LogP contribution in [0.2, 0.25) is 0 Å². The lowest BCUT2D eigenvalue weighted by atomic mass is 10.1. The lowest BCUT2D eigenvalue weighted by Crippen LogP contribution is -2.32. The van der Waals surface area contributed by atoms with E-state index in [1.54, 1.807) is 11.2 Å². The van der Waals surface area contributed by atoms with Crippen molar-refractivity contribution in [1.29, 1.82) is 0 Å². The van der Waals surface area contributed by atoms with Gasteiger partial charge in [0.05, 0.1) is 6.26 Å². The minimum atomic E-state index is -0.325. The molecule has 21 heavy (non-hydrogen) atoms. The van der Waals surface area contributed by atoms with Gasteiger partial charge in [-0.25, -0.2) is 4.39 Å². The van der Waals surface area contributed by atoms with Crippen molar-refractivity contribution in [2.45, 2.75) is 12.3 Å². The Hall–Kier alpha value is -2.30. The number of carbonyl (C=O) groups excluding carboxylic acids is 1. The summed E-state index contributed by atoms with van der Waals surface area (Å²) in [6, 6.07) is 9.44. The van der Waals surface area contributed by atoms with E-state index in [0.29, 0.717) is 18.8 Å². The summed E-state index contributed by atoms with van der Waals surface area (Å²) in [5, 5.41) is 0. The van der Waals surface area contributed by atoms with Gasteiger partial charge >= 0.3 is 0 Å². The van der Waals surface area contributed by atoms with E-state index < -0.39 is 0 Å². The first-order chi connectivity index (χ1) is 10.2. The Kier molecular flexibility index (Phi) is 3.90. The first kappa shape index (κ1) is 13.7. The number of nitrogens with zero attached hydrogens (tertiary/aromatic N) is 1. The van der Waals surface area contributed by atoms with Crippen molar-refractivity contribution in [2.24, 2.45) is 0 Å². The maximum atomic E-state index is 12.8. The highest BCUT2D eigenvalue weighted by Crippen LogP contribution is 2.27. The van der Waals surface area contributed by atoms with Crippen LogP contribution in [0, 0.1) is 5.82 Å². The van der Waals surface area contributed by atoms with E-state index in [1.807, 2.05) is 12.1 Å². The maximum Gasteiger partial charge on any atom is 0.260 e. The monoisotopic (exact) mass is 289 g/mol. The Morgan fingerprint density at radius 1 is 1.33 bits per heavy atom. The number of amides is 1. The molecule has 1 aromatic heterocycles. The summed E-state index contributed by atoms with van der Waals surface area (Å²) >= 11 is 0. The summed E-state index contributed by atoms with van der Waals surface area (Å²) in [6.07, 6.45) is 2.55. The van der Waals surface area contributed by atoms with E-state index in [1.165, 1.54) is 24.3 Å². The number of ether oxygens (including phenoxy) is 1. The van der Waals surface area contributed by atoms with Gasteiger partial charge in [-0.2, -0.15) is 0 Å². The summed E-state index contributed by atoms with van der Waals surface area (Å²) < 4.78 is 23.5. The molecule has 2 heterocycles. The SMILES string of the molecule is O=C(COc1ccc(F)cc1)N1CCC(c2ccco2)C1. The first-order valence-corrected chi connectivity index (χ1v) is 6.92. The molecule has 110 valence electrons. The van der Waals surface area contributed by atoms with Crippen LogP contribution in [0.25, 0.3) is 0 Å². The maximum absolute atomic E-state index is 12.8. The van der Waals surface area contributed by atoms with Crippen molar-refractivity contribution < 1.29 is 18.3 Å². The van der Waals surface area contributed by atoms with Gasteiger partial charge in [-0.1, -0.05) is 0 Å². The Morgan fingerprint density at radius 3 is 2.86 bits per heavy atom. The fourth-order valence-electron chi connectivity index (χ4n) is 2.51. The minimum Gasteiger partial charge on any atom is -0.484 e. The summed E-state index contributed by atoms with van der Waals surface area (Å²) in [5.41, 5.74) is 0. The van der Waals surface area contributed by atoms with Gasteiger partial charge in [0.25, 0.3) is 5.91 Å². The third kappa shape index (κ3) is 3.24. The van der Waals surface area contributed by atoms with E-state index in [-0.39, 0.29) is 24.2 Å². The quantitative estimate of drug-likeness (QED) is 0.869. The molecule has 0 saturated carbocycles. The summed E-state index contributed by atoms with van der Waals surface area (Å²) in [6.45, 7) is 1.33. The predicted molar refractivity (Wildman–Crippen MR) is 74.5 cm³/mol. The smallest absolute Gasteiger partial charge is 0.260 e. The van der Waals surface area contributed by atoms with Crippen LogP contribution in [-0.2, 0) is 4.79 Å². The van der Waals surface area contributed by atoms with Gasteiger partial charge in [-0.05, 0) is 42.8 Å². The molecule has 1 atom stereocenters. The molecule has 4 nitrogen and oxygen atoms in total. The zero-order valence-electron chi connectivity index (χ0n) is 11.5. The molecule has 5 heteroatoms. The standard InChI is InChI=1S/C16H16FNO3/c17-13-3-5-14(6-4-13)21-11-16(19)18-8-7-12(10-18)15-2-1-9-20-15/h1-6,9,12H,7-8,10-11H2. The van der Waals surface area contributed by atoms with Gasteiger partial charge in [0.1, 0.15) is 17.3 Å². The molecular weight excluding hydrogens is 273 g/mol. The number of benzene rings is 1. The molecule has 0 radical (unpaired) electrons. The van der Waals surface area contributed by atoms with E-state index in [9.17, 15) is 9.18 Å². The lowest BCUT2D eigenvalue weighted by Gasteiger charge is -2.16. The minimum absolute atomic E-state index is 0.0312. The van der Waals surface area contributed by atoms with Crippen LogP contribution in [0.1, 0.15) is 18.1 Å². The van der Waals surface area contributed by atoms with Crippen LogP contribution in [0.3, 0.4) is 0 Å². The van der Waals surface area contributed by atoms with Crippen molar-refractivity contribution in [3.63, 3.8) is 0 Å². The molecule has 2 aromatic rings. The largest absolute Gasteiger partial charge is 0.484 e. The molecule has 1 aliphatic rings. The second-order valence-corrected chi connectivity index (χ2v) is 5.08. The van der Waals surface area contributed by atoms with Gasteiger partial charge in [-0.3, -0.25) is 4.79 Å². The Labute approximate surface area is 122 Å². The number of likely N-dealkylation sites (tertiary alicyclic amines) is 1. The van der Waals surface area contributed by atoms with Gasteiger partial charge in [0.15, 0.2) is 6.61 Å². The second kappa shape index (κ2) is 5.99. The van der Waals surface area contributed by atoms with Gasteiger partial charge in [-0.15, -0.1) is 0 Å². The molecule has 1 amide bonds. The van der Waals surface area contributed by atoms with E-state index in [0.717, 1.165) is 12.2 Å². The molecule has 0 bridgehead atoms. The first-order valence-electron chi connectivity index (χ1n) is 6.92. The third-order valence-electron chi connectivity index (χ3n) is 3.66. The zero-order chi connectivity index (χ0) is 14.7. The molecule has 1 unspecified atom stereocenters. The lowest BCUT2D eigenvalue weighted by molar-refractivity contribution is -0.132. The van der Waals surface area contributed by atoms with Crippen LogP contribution in [0.4, 0.5) is 4.39 Å². The summed E-state index contributed by atoms with van der Waals surface area (Å²) in [5.74, 6) is 1.29. The van der Waals surface area contributed by atoms with Crippen LogP contribution in [0.15, 0.2) is 47.1 Å². The fraction of sp³-hybridized carbons (Fsp3) is 0.312. The Bertz CT molecular complexity index is 594. The number of halogens is 1. The summed E-state index contributed by atoms with van der Waals surface area (Å²) in [7, 11) is 0. The molecule has 0 N–H and O–H groups in total. The highest BCUT2D eigenvalue weighted by molar-refractivity contribution is 5.78. The highest BCUT2D eigenvalue weighted by Gasteiger charge is 2.28. The predicted octanol–water partition coefficient (Wildman–Crippen LogP) is 2.81. The topological polar surface area (TPSA) is 42.7 Å². The van der Waals surface area contributed by atoms with Crippen molar-refractivity contribution in [3.8, 4) is 5.75 Å². The number of carbonyl (C=O) groups is 1. The zero-order valence-corrected chi connectivity index (χ0v) is 11.5. The summed E-state index contributed by atoms with van der Waals surface area (Å²) in [4.78, 5) is 13.9. The van der Waals surface area contributed by atoms with E-state index in [2.05, 4.69) is 0 Å². The Morgan fingerprint density at radius 2 is 2.14 bits per heavy atom. The average molecular weight is 289 g/mol. The van der Waals surface area contributed by atoms with E-state index in [4.69, 9.17) is 9.15 Å². The molecule has 0 aliphatic carbocycles. The van der Waals surface area contributed by atoms with Crippen molar-refractivity contribution >= 4 is 5.91 Å². The second-order valence-electron chi connectivity index (χ2n) is 5.08. The third-order valence-corrected chi connectivity index (χ3v) is 3.66. The number of rotatable bonds is 4. The number of hydrogen-bond acceptors (Lipinski definition) is 3. The fourth-order valence-corrected chi connectivity index (χ4v) is 2.51. The molecular formula is C16H16FNO3. The van der Waals surface area contributed by atoms with Crippen molar-refractivity contribution in [1.82, 2.24) is 4.90 Å². The molecule has 3 rings (SSSR count). The number of hydrogen-bond donors (Lipinski definition) is 0. The molecule has 0 spiro atoms. The molecule has 1 fully saturated rings. The average Bonchev–Trinajstić information content (AvgIpc) is 3.17. The molecule has 1 aliphatic heterocycles. The van der Waals surface area contributed by atoms with Crippen molar-refractivity contribution in [3.05, 3.63) is 54.2 Å². The van der Waals surface area contributed by atoms with Gasteiger partial charge in [0.2, 0.25) is 0 Å². The van der Waals surface area contributed by atoms with Crippen LogP contribution < -0.4 is 4.74 Å². The molecule has 1 saturated heterocycles.